The summed E-state index contributed by atoms with van der Waals surface area (Å²) in [6, 6.07) is 22.5. The fraction of sp³-hybridized carbons (Fsp3) is 0.323. The Morgan fingerprint density at radius 2 is 1.49 bits per heavy atom. The van der Waals surface area contributed by atoms with Gasteiger partial charge in [0, 0.05) is 23.6 Å². The number of pyridine rings is 1. The van der Waals surface area contributed by atoms with Crippen molar-refractivity contribution in [3.8, 4) is 11.3 Å². The zero-order valence-corrected chi connectivity index (χ0v) is 22.9. The number of aromatic nitrogens is 1. The Morgan fingerprint density at radius 1 is 0.860 bits per heavy atom. The fourth-order valence-corrected chi connectivity index (χ4v) is 5.39. The molecule has 0 atom stereocenters. The number of aliphatic carboxylic acids is 1. The van der Waals surface area contributed by atoms with E-state index < -0.39 is 62.1 Å². The lowest BCUT2D eigenvalue weighted by Crippen LogP contribution is -2.56. The van der Waals surface area contributed by atoms with E-state index in [0.29, 0.717) is 6.42 Å². The number of primary amides is 1. The molecule has 1 saturated heterocycles. The number of alkyl halides is 6. The molecule has 1 aliphatic heterocycles. The van der Waals surface area contributed by atoms with Gasteiger partial charge in [-0.25, -0.2) is 0 Å². The Kier molecular flexibility index (Phi) is 9.29. The number of rotatable bonds is 6. The molecule has 12 heteroatoms. The quantitative estimate of drug-likeness (QED) is 0.237. The molecule has 4 aromatic rings. The number of hydrogen-bond donors (Lipinski definition) is 2. The van der Waals surface area contributed by atoms with Crippen molar-refractivity contribution in [2.24, 2.45) is 11.1 Å². The summed E-state index contributed by atoms with van der Waals surface area (Å²) >= 11 is 0. The van der Waals surface area contributed by atoms with Gasteiger partial charge >= 0.3 is 18.3 Å². The van der Waals surface area contributed by atoms with E-state index in [-0.39, 0.29) is 6.42 Å². The van der Waals surface area contributed by atoms with Crippen molar-refractivity contribution in [2.75, 3.05) is 19.6 Å². The Hall–Kier alpha value is -4.19. The number of benzene rings is 3. The summed E-state index contributed by atoms with van der Waals surface area (Å²) in [5.41, 5.74) is 5.15. The van der Waals surface area contributed by atoms with E-state index in [0.717, 1.165) is 43.3 Å². The third-order valence-electron chi connectivity index (χ3n) is 7.68. The van der Waals surface area contributed by atoms with Crippen LogP contribution in [0, 0.1) is 5.41 Å². The maximum atomic E-state index is 12.8. The van der Waals surface area contributed by atoms with Gasteiger partial charge in [-0.2, -0.15) is 26.3 Å². The molecule has 0 radical (unpaired) electrons. The molecule has 2 heterocycles. The van der Waals surface area contributed by atoms with Gasteiger partial charge in [0.1, 0.15) is 5.41 Å². The number of nitrogens with two attached hydrogens (primary N) is 1. The predicted octanol–water partition coefficient (Wildman–Crippen LogP) is 6.75. The second-order valence-electron chi connectivity index (χ2n) is 10.4. The first-order chi connectivity index (χ1) is 20.2. The van der Waals surface area contributed by atoms with Crippen LogP contribution >= 0.6 is 0 Å². The monoisotopic (exact) mass is 605 g/mol. The molecule has 0 aliphatic carbocycles. The highest BCUT2D eigenvalue weighted by Crippen LogP contribution is 2.46. The van der Waals surface area contributed by atoms with Crippen molar-refractivity contribution < 1.29 is 41.0 Å². The number of nitrogens with zero attached hydrogens (tertiary/aromatic N) is 2. The average Bonchev–Trinajstić information content (AvgIpc) is 2.94. The first-order valence-corrected chi connectivity index (χ1v) is 13.4. The number of carbonyl (C=O) groups is 2. The van der Waals surface area contributed by atoms with Crippen LogP contribution in [0.4, 0.5) is 26.3 Å². The van der Waals surface area contributed by atoms with Gasteiger partial charge in [0.15, 0.2) is 0 Å². The summed E-state index contributed by atoms with van der Waals surface area (Å²) in [7, 11) is 0. The van der Waals surface area contributed by atoms with Crippen LogP contribution in [0.15, 0.2) is 72.9 Å². The Bertz CT molecular complexity index is 1610. The lowest BCUT2D eigenvalue weighted by molar-refractivity contribution is -0.234. The topological polar surface area (TPSA) is 96.5 Å². The number of fused-ring (bicyclic) bond motifs is 2. The Morgan fingerprint density at radius 3 is 2.12 bits per heavy atom. The molecular formula is C31H29F6N3O3. The SMILES string of the molecule is NC(=O)C1(C(F)(F)F)CCN(CC(F)(F)F)CC1.O=C(O)CCc1cccc2c(-c3nccc4ccccc34)cccc12. The lowest BCUT2D eigenvalue weighted by Gasteiger charge is -2.40. The molecule has 1 fully saturated rings. The van der Waals surface area contributed by atoms with Crippen molar-refractivity contribution in [3.63, 3.8) is 0 Å². The molecule has 3 aromatic carbocycles. The summed E-state index contributed by atoms with van der Waals surface area (Å²) in [5.74, 6) is -2.30. The van der Waals surface area contributed by atoms with Crippen molar-refractivity contribution >= 4 is 33.4 Å². The average molecular weight is 606 g/mol. The van der Waals surface area contributed by atoms with Crippen LogP contribution in [0.5, 0.6) is 0 Å². The third-order valence-corrected chi connectivity index (χ3v) is 7.68. The Balaban J connectivity index is 0.000000209. The van der Waals surface area contributed by atoms with Gasteiger partial charge < -0.3 is 10.8 Å². The molecule has 0 bridgehead atoms. The molecule has 43 heavy (non-hydrogen) atoms. The molecule has 3 N–H and O–H groups in total. The number of carboxylic acids is 1. The Labute approximate surface area is 243 Å². The molecule has 0 unspecified atom stereocenters. The summed E-state index contributed by atoms with van der Waals surface area (Å²) in [5, 5.41) is 13.5. The van der Waals surface area contributed by atoms with E-state index in [1.807, 2.05) is 42.6 Å². The number of amides is 1. The summed E-state index contributed by atoms with van der Waals surface area (Å²) < 4.78 is 74.5. The highest BCUT2D eigenvalue weighted by molar-refractivity contribution is 6.04. The predicted molar refractivity (Wildman–Crippen MR) is 150 cm³/mol. The standard InChI is InChI=1S/C22H17NO2.C9H12F6N2O/c24-21(25)12-11-15-6-3-9-19-17(15)8-4-10-20(19)22-18-7-2-1-5-16(18)13-14-23-22;10-8(11,12)5-17-3-1-7(2-4-17,6(16)18)9(13,14)15/h1-10,13-14H,11-12H2,(H,24,25);1-5H2,(H2,16,18). The number of halogens is 6. The number of carbonyl (C=O) groups excluding carboxylic acids is 1. The van der Waals surface area contributed by atoms with E-state index in [9.17, 15) is 35.9 Å². The van der Waals surface area contributed by atoms with Crippen LogP contribution in [0.1, 0.15) is 24.8 Å². The molecule has 1 aliphatic rings. The summed E-state index contributed by atoms with van der Waals surface area (Å²) in [6.45, 7) is -2.19. The minimum Gasteiger partial charge on any atom is -0.481 e. The van der Waals surface area contributed by atoms with E-state index in [4.69, 9.17) is 10.8 Å². The summed E-state index contributed by atoms with van der Waals surface area (Å²) in [6.07, 6.45) is -8.27. The largest absolute Gasteiger partial charge is 0.481 e. The van der Waals surface area contributed by atoms with Gasteiger partial charge in [0.25, 0.3) is 0 Å². The van der Waals surface area contributed by atoms with Crippen molar-refractivity contribution in [3.05, 3.63) is 78.5 Å². The molecule has 228 valence electrons. The first-order valence-electron chi connectivity index (χ1n) is 13.4. The van der Waals surface area contributed by atoms with Gasteiger partial charge in [-0.1, -0.05) is 60.7 Å². The highest BCUT2D eigenvalue weighted by Gasteiger charge is 2.60. The highest BCUT2D eigenvalue weighted by atomic mass is 19.4. The zero-order valence-electron chi connectivity index (χ0n) is 22.9. The van der Waals surface area contributed by atoms with Crippen LogP contribution in [0.2, 0.25) is 0 Å². The fourth-order valence-electron chi connectivity index (χ4n) is 5.39. The minimum atomic E-state index is -4.83. The van der Waals surface area contributed by atoms with Gasteiger partial charge in [0.2, 0.25) is 5.91 Å². The zero-order chi connectivity index (χ0) is 31.4. The van der Waals surface area contributed by atoms with Crippen molar-refractivity contribution in [1.29, 1.82) is 0 Å². The van der Waals surface area contributed by atoms with Crippen LogP contribution in [-0.2, 0) is 16.0 Å². The lowest BCUT2D eigenvalue weighted by atomic mass is 9.77. The normalized spacial score (nSPS) is 15.6. The van der Waals surface area contributed by atoms with E-state index in [1.165, 1.54) is 0 Å². The first kappa shape index (κ1) is 31.7. The van der Waals surface area contributed by atoms with Gasteiger partial charge in [0.05, 0.1) is 12.2 Å². The number of hydrogen-bond acceptors (Lipinski definition) is 4. The molecule has 6 nitrogen and oxygen atoms in total. The van der Waals surface area contributed by atoms with Gasteiger partial charge in [-0.15, -0.1) is 0 Å². The van der Waals surface area contributed by atoms with Crippen LogP contribution in [-0.4, -0.2) is 58.9 Å². The van der Waals surface area contributed by atoms with E-state index in [2.05, 4.69) is 35.3 Å². The second kappa shape index (κ2) is 12.6. The third kappa shape index (κ3) is 7.24. The molecular weight excluding hydrogens is 576 g/mol. The van der Waals surface area contributed by atoms with Crippen molar-refractivity contribution in [1.82, 2.24) is 9.88 Å². The number of piperidine rings is 1. The molecule has 0 saturated carbocycles. The van der Waals surface area contributed by atoms with Crippen molar-refractivity contribution in [2.45, 2.75) is 38.0 Å². The van der Waals surface area contributed by atoms with Crippen LogP contribution in [0.3, 0.4) is 0 Å². The smallest absolute Gasteiger partial charge is 0.403 e. The van der Waals surface area contributed by atoms with Gasteiger partial charge in [-0.05, 0) is 60.1 Å². The molecule has 0 spiro atoms. The number of likely N-dealkylation sites (tertiary alicyclic amines) is 1. The summed E-state index contributed by atoms with van der Waals surface area (Å²) in [4.78, 5) is 27.4. The maximum absolute atomic E-state index is 12.8. The number of carboxylic acid groups (broad SMARTS) is 1. The van der Waals surface area contributed by atoms with Crippen LogP contribution < -0.4 is 5.73 Å². The minimum absolute atomic E-state index is 0.135. The van der Waals surface area contributed by atoms with Gasteiger partial charge in [-0.3, -0.25) is 19.5 Å². The molecule has 5 rings (SSSR count). The maximum Gasteiger partial charge on any atom is 0.403 e. The molecule has 1 amide bonds. The van der Waals surface area contributed by atoms with Crippen LogP contribution in [0.25, 0.3) is 32.8 Å². The molecule has 1 aromatic heterocycles. The second-order valence-corrected chi connectivity index (χ2v) is 10.4. The van der Waals surface area contributed by atoms with E-state index in [1.54, 1.807) is 0 Å². The van der Waals surface area contributed by atoms with E-state index >= 15 is 0 Å². The number of aryl methyl sites for hydroxylation is 1.